The molecule has 0 spiro atoms. The summed E-state index contributed by atoms with van der Waals surface area (Å²) < 4.78 is 2.83. The standard InChI is InChI=1S/C14H22BrN3O2/c1-4-10-5-6-18(11(7-10)14(19)20)8-12-13(15)9(2)16-17(12)3/h10-11H,4-8H2,1-3H3,(H,19,20). The normalized spacial score (nSPS) is 24.0. The zero-order valence-corrected chi connectivity index (χ0v) is 13.9. The number of nitrogens with zero attached hydrogens (tertiary/aromatic N) is 3. The summed E-state index contributed by atoms with van der Waals surface area (Å²) in [6, 6.07) is -0.379. The van der Waals surface area contributed by atoms with Gasteiger partial charge in [-0.1, -0.05) is 13.3 Å². The van der Waals surface area contributed by atoms with Crippen molar-refractivity contribution in [2.75, 3.05) is 6.54 Å². The van der Waals surface area contributed by atoms with Crippen LogP contribution in [0.1, 0.15) is 37.6 Å². The third kappa shape index (κ3) is 3.06. The van der Waals surface area contributed by atoms with Gasteiger partial charge in [0.15, 0.2) is 0 Å². The Hall–Kier alpha value is -0.880. The van der Waals surface area contributed by atoms with E-state index < -0.39 is 5.97 Å². The van der Waals surface area contributed by atoms with Crippen molar-refractivity contribution in [2.24, 2.45) is 13.0 Å². The second-order valence-corrected chi connectivity index (χ2v) is 6.39. The molecule has 20 heavy (non-hydrogen) atoms. The summed E-state index contributed by atoms with van der Waals surface area (Å²) >= 11 is 3.55. The van der Waals surface area contributed by atoms with Crippen LogP contribution >= 0.6 is 15.9 Å². The van der Waals surface area contributed by atoms with Gasteiger partial charge in [0.25, 0.3) is 0 Å². The van der Waals surface area contributed by atoms with Crippen molar-refractivity contribution < 1.29 is 9.90 Å². The number of hydrogen-bond acceptors (Lipinski definition) is 3. The van der Waals surface area contributed by atoms with Crippen LogP contribution in [0.5, 0.6) is 0 Å². The van der Waals surface area contributed by atoms with E-state index in [2.05, 4.69) is 32.9 Å². The van der Waals surface area contributed by atoms with E-state index in [0.717, 1.165) is 41.7 Å². The molecule has 5 nitrogen and oxygen atoms in total. The molecule has 1 aromatic rings. The number of piperidine rings is 1. The fraction of sp³-hybridized carbons (Fsp3) is 0.714. The Kier molecular flexibility index (Phi) is 4.86. The maximum Gasteiger partial charge on any atom is 0.320 e. The van der Waals surface area contributed by atoms with Crippen molar-refractivity contribution in [1.29, 1.82) is 0 Å². The summed E-state index contributed by atoms with van der Waals surface area (Å²) in [6.07, 6.45) is 2.89. The molecule has 2 atom stereocenters. The Bertz CT molecular complexity index is 501. The van der Waals surface area contributed by atoms with Crippen LogP contribution in [0.15, 0.2) is 4.47 Å². The monoisotopic (exact) mass is 343 g/mol. The summed E-state index contributed by atoms with van der Waals surface area (Å²) in [6.45, 7) is 5.56. The van der Waals surface area contributed by atoms with Crippen LogP contribution in [-0.4, -0.2) is 38.3 Å². The molecule has 0 amide bonds. The molecular formula is C14H22BrN3O2. The Morgan fingerprint density at radius 1 is 1.55 bits per heavy atom. The van der Waals surface area contributed by atoms with E-state index in [0.29, 0.717) is 12.5 Å². The molecule has 2 heterocycles. The second-order valence-electron chi connectivity index (χ2n) is 5.59. The molecule has 2 unspecified atom stereocenters. The van der Waals surface area contributed by atoms with Crippen molar-refractivity contribution >= 4 is 21.9 Å². The van der Waals surface area contributed by atoms with E-state index in [1.807, 2.05) is 18.7 Å². The van der Waals surface area contributed by atoms with Gasteiger partial charge >= 0.3 is 5.97 Å². The molecule has 0 bridgehead atoms. The molecule has 1 aliphatic rings. The number of halogens is 1. The lowest BCUT2D eigenvalue weighted by Gasteiger charge is -2.36. The molecule has 6 heteroatoms. The summed E-state index contributed by atoms with van der Waals surface area (Å²) in [5, 5.41) is 13.8. The zero-order valence-electron chi connectivity index (χ0n) is 12.3. The van der Waals surface area contributed by atoms with Crippen LogP contribution in [0.3, 0.4) is 0 Å². The highest BCUT2D eigenvalue weighted by Crippen LogP contribution is 2.29. The van der Waals surface area contributed by atoms with Crippen LogP contribution < -0.4 is 0 Å². The third-order valence-corrected chi connectivity index (χ3v) is 5.33. The molecule has 1 fully saturated rings. The number of carbonyl (C=O) groups is 1. The maximum atomic E-state index is 11.5. The molecule has 0 saturated carbocycles. The largest absolute Gasteiger partial charge is 0.480 e. The number of likely N-dealkylation sites (tertiary alicyclic amines) is 1. The van der Waals surface area contributed by atoms with Crippen molar-refractivity contribution in [3.8, 4) is 0 Å². The number of aromatic nitrogens is 2. The van der Waals surface area contributed by atoms with Crippen LogP contribution in [0.25, 0.3) is 0 Å². The van der Waals surface area contributed by atoms with E-state index in [1.165, 1.54) is 0 Å². The second kappa shape index (κ2) is 6.26. The van der Waals surface area contributed by atoms with Crippen LogP contribution in [0.4, 0.5) is 0 Å². The third-order valence-electron chi connectivity index (χ3n) is 4.30. The topological polar surface area (TPSA) is 58.4 Å². The number of aliphatic carboxylic acids is 1. The van der Waals surface area contributed by atoms with E-state index in [1.54, 1.807) is 0 Å². The maximum absolute atomic E-state index is 11.5. The van der Waals surface area contributed by atoms with Gasteiger partial charge < -0.3 is 5.11 Å². The number of rotatable bonds is 4. The number of hydrogen-bond donors (Lipinski definition) is 1. The first kappa shape index (κ1) is 15.5. The molecule has 1 aliphatic heterocycles. The number of carboxylic acids is 1. The minimum Gasteiger partial charge on any atom is -0.480 e. The lowest BCUT2D eigenvalue weighted by atomic mass is 9.89. The summed E-state index contributed by atoms with van der Waals surface area (Å²) in [4.78, 5) is 13.6. The molecule has 112 valence electrons. The van der Waals surface area contributed by atoms with E-state index in [-0.39, 0.29) is 6.04 Å². The molecule has 1 saturated heterocycles. The van der Waals surface area contributed by atoms with Gasteiger partial charge in [0.05, 0.1) is 15.9 Å². The van der Waals surface area contributed by atoms with Crippen molar-refractivity contribution in [1.82, 2.24) is 14.7 Å². The summed E-state index contributed by atoms with van der Waals surface area (Å²) in [7, 11) is 1.90. The first-order valence-corrected chi connectivity index (χ1v) is 7.88. The highest BCUT2D eigenvalue weighted by atomic mass is 79.9. The van der Waals surface area contributed by atoms with Crippen LogP contribution in [0, 0.1) is 12.8 Å². The minimum atomic E-state index is -0.710. The average Bonchev–Trinajstić information content (AvgIpc) is 2.65. The Morgan fingerprint density at radius 3 is 2.75 bits per heavy atom. The van der Waals surface area contributed by atoms with Gasteiger partial charge in [0.1, 0.15) is 6.04 Å². The molecule has 2 rings (SSSR count). The molecule has 0 aliphatic carbocycles. The van der Waals surface area contributed by atoms with Gasteiger partial charge in [-0.25, -0.2) is 0 Å². The first-order valence-electron chi connectivity index (χ1n) is 7.08. The molecule has 0 radical (unpaired) electrons. The number of carboxylic acid groups (broad SMARTS) is 1. The average molecular weight is 344 g/mol. The summed E-state index contributed by atoms with van der Waals surface area (Å²) in [5.41, 5.74) is 1.99. The Labute approximate surface area is 128 Å². The van der Waals surface area contributed by atoms with Crippen LogP contribution in [-0.2, 0) is 18.4 Å². The van der Waals surface area contributed by atoms with Gasteiger partial charge in [0, 0.05) is 13.6 Å². The zero-order chi connectivity index (χ0) is 14.9. The highest BCUT2D eigenvalue weighted by molar-refractivity contribution is 9.10. The Balaban J connectivity index is 2.16. The van der Waals surface area contributed by atoms with E-state index in [4.69, 9.17) is 0 Å². The lowest BCUT2D eigenvalue weighted by molar-refractivity contribution is -0.145. The highest BCUT2D eigenvalue weighted by Gasteiger charge is 2.33. The van der Waals surface area contributed by atoms with E-state index >= 15 is 0 Å². The lowest BCUT2D eigenvalue weighted by Crippen LogP contribution is -2.46. The van der Waals surface area contributed by atoms with Gasteiger partial charge in [-0.3, -0.25) is 14.4 Å². The van der Waals surface area contributed by atoms with E-state index in [9.17, 15) is 9.90 Å². The van der Waals surface area contributed by atoms with Gasteiger partial charge in [0.2, 0.25) is 0 Å². The fourth-order valence-electron chi connectivity index (χ4n) is 2.95. The fourth-order valence-corrected chi connectivity index (χ4v) is 3.41. The number of aryl methyl sites for hydroxylation is 2. The quantitative estimate of drug-likeness (QED) is 0.912. The van der Waals surface area contributed by atoms with Crippen molar-refractivity contribution in [3.63, 3.8) is 0 Å². The molecule has 1 N–H and O–H groups in total. The van der Waals surface area contributed by atoms with Crippen molar-refractivity contribution in [3.05, 3.63) is 15.9 Å². The molecule has 1 aromatic heterocycles. The molecular weight excluding hydrogens is 322 g/mol. The molecule has 0 aromatic carbocycles. The first-order chi connectivity index (χ1) is 9.43. The van der Waals surface area contributed by atoms with Gasteiger partial charge in [-0.2, -0.15) is 5.10 Å². The predicted molar refractivity (Wildman–Crippen MR) is 80.5 cm³/mol. The Morgan fingerprint density at radius 2 is 2.25 bits per heavy atom. The van der Waals surface area contributed by atoms with Gasteiger partial charge in [-0.15, -0.1) is 0 Å². The predicted octanol–water partition coefficient (Wildman–Crippen LogP) is 2.57. The SMILES string of the molecule is CCC1CCN(Cc2c(Br)c(C)nn2C)C(C(=O)O)C1. The van der Waals surface area contributed by atoms with Crippen molar-refractivity contribution in [2.45, 2.75) is 45.7 Å². The van der Waals surface area contributed by atoms with Crippen LogP contribution in [0.2, 0.25) is 0 Å². The van der Waals surface area contributed by atoms with Gasteiger partial charge in [-0.05, 0) is 48.2 Å². The smallest absolute Gasteiger partial charge is 0.320 e. The minimum absolute atomic E-state index is 0.379. The summed E-state index contributed by atoms with van der Waals surface area (Å²) in [5.74, 6) is -0.178.